The second-order valence-corrected chi connectivity index (χ2v) is 6.33. The molecular weight excluding hydrogens is 268 g/mol. The Hall–Kier alpha value is -1.64. The van der Waals surface area contributed by atoms with Crippen LogP contribution in [0.1, 0.15) is 55.3 Å². The summed E-state index contributed by atoms with van der Waals surface area (Å²) in [5.41, 5.74) is 9.10. The molecule has 2 heteroatoms. The van der Waals surface area contributed by atoms with Crippen LogP contribution in [0.25, 0.3) is 0 Å². The van der Waals surface area contributed by atoms with Gasteiger partial charge in [-0.15, -0.1) is 0 Å². The van der Waals surface area contributed by atoms with E-state index >= 15 is 0 Å². The maximum absolute atomic E-state index is 6.63. The molecule has 1 saturated carbocycles. The molecule has 1 aliphatic carbocycles. The minimum absolute atomic E-state index is 0.0227. The van der Waals surface area contributed by atoms with Crippen LogP contribution in [0.3, 0.4) is 0 Å². The van der Waals surface area contributed by atoms with E-state index in [4.69, 9.17) is 5.73 Å². The van der Waals surface area contributed by atoms with E-state index in [-0.39, 0.29) is 12.1 Å². The fourth-order valence-corrected chi connectivity index (χ4v) is 3.46. The Kier molecular flexibility index (Phi) is 5.25. The Morgan fingerprint density at radius 2 is 1.32 bits per heavy atom. The van der Waals surface area contributed by atoms with Crippen LogP contribution >= 0.6 is 0 Å². The lowest BCUT2D eigenvalue weighted by Crippen LogP contribution is -2.39. The van der Waals surface area contributed by atoms with Crippen molar-refractivity contribution in [1.82, 2.24) is 5.32 Å². The summed E-state index contributed by atoms with van der Waals surface area (Å²) < 4.78 is 0. The molecule has 0 aliphatic heterocycles. The molecule has 0 heterocycles. The quantitative estimate of drug-likeness (QED) is 0.860. The van der Waals surface area contributed by atoms with Gasteiger partial charge >= 0.3 is 0 Å². The van der Waals surface area contributed by atoms with Gasteiger partial charge in [0.15, 0.2) is 0 Å². The predicted molar refractivity (Wildman–Crippen MR) is 92.6 cm³/mol. The highest BCUT2D eigenvalue weighted by atomic mass is 15.0. The molecule has 2 aromatic carbocycles. The number of nitrogens with one attached hydrogen (secondary N) is 1. The standard InChI is InChI=1S/C20H26N2/c21-19(16-10-4-1-5-11-16)20(17-12-6-2-7-13-17)22-18-14-8-3-9-15-18/h1-2,4-7,10-13,18-20,22H,3,8-9,14-15,21H2/t19-,20-/m0/s1. The lowest BCUT2D eigenvalue weighted by Gasteiger charge is -2.32. The zero-order valence-corrected chi connectivity index (χ0v) is 13.1. The Labute approximate surface area is 133 Å². The molecule has 0 radical (unpaired) electrons. The third-order valence-electron chi connectivity index (χ3n) is 4.72. The summed E-state index contributed by atoms with van der Waals surface area (Å²) >= 11 is 0. The Balaban J connectivity index is 1.82. The monoisotopic (exact) mass is 294 g/mol. The summed E-state index contributed by atoms with van der Waals surface area (Å²) in [4.78, 5) is 0. The molecule has 2 aromatic rings. The fraction of sp³-hybridized carbons (Fsp3) is 0.400. The minimum atomic E-state index is -0.0227. The average molecular weight is 294 g/mol. The minimum Gasteiger partial charge on any atom is -0.322 e. The van der Waals surface area contributed by atoms with Gasteiger partial charge in [-0.25, -0.2) is 0 Å². The molecule has 0 bridgehead atoms. The number of nitrogens with two attached hydrogens (primary N) is 1. The van der Waals surface area contributed by atoms with E-state index in [0.717, 1.165) is 0 Å². The van der Waals surface area contributed by atoms with Crippen molar-refractivity contribution in [3.8, 4) is 0 Å². The smallest absolute Gasteiger partial charge is 0.0518 e. The molecule has 22 heavy (non-hydrogen) atoms. The second kappa shape index (κ2) is 7.57. The van der Waals surface area contributed by atoms with Gasteiger partial charge in [0.1, 0.15) is 0 Å². The van der Waals surface area contributed by atoms with Crippen LogP contribution in [-0.4, -0.2) is 6.04 Å². The first kappa shape index (κ1) is 15.3. The number of rotatable bonds is 5. The van der Waals surface area contributed by atoms with E-state index in [0.29, 0.717) is 6.04 Å². The zero-order valence-electron chi connectivity index (χ0n) is 13.1. The van der Waals surface area contributed by atoms with E-state index in [1.807, 2.05) is 6.07 Å². The average Bonchev–Trinajstić information content (AvgIpc) is 2.61. The normalized spacial score (nSPS) is 18.8. The van der Waals surface area contributed by atoms with Gasteiger partial charge in [0.25, 0.3) is 0 Å². The van der Waals surface area contributed by atoms with E-state index in [9.17, 15) is 0 Å². The van der Waals surface area contributed by atoms with Crippen LogP contribution in [0.5, 0.6) is 0 Å². The summed E-state index contributed by atoms with van der Waals surface area (Å²) in [6.45, 7) is 0. The van der Waals surface area contributed by atoms with Crippen molar-refractivity contribution in [2.45, 2.75) is 50.2 Å². The zero-order chi connectivity index (χ0) is 15.2. The predicted octanol–water partition coefficient (Wildman–Crippen LogP) is 4.35. The van der Waals surface area contributed by atoms with Crippen molar-refractivity contribution < 1.29 is 0 Å². The van der Waals surface area contributed by atoms with Crippen molar-refractivity contribution in [3.05, 3.63) is 71.8 Å². The highest BCUT2D eigenvalue weighted by molar-refractivity contribution is 5.27. The van der Waals surface area contributed by atoms with Crippen LogP contribution in [0, 0.1) is 0 Å². The van der Waals surface area contributed by atoms with Crippen LogP contribution in [0.4, 0.5) is 0 Å². The van der Waals surface area contributed by atoms with E-state index in [2.05, 4.69) is 59.9 Å². The van der Waals surface area contributed by atoms with E-state index in [1.165, 1.54) is 43.2 Å². The lowest BCUT2D eigenvalue weighted by molar-refractivity contribution is 0.316. The van der Waals surface area contributed by atoms with Gasteiger partial charge < -0.3 is 11.1 Å². The molecule has 3 N–H and O–H groups in total. The van der Waals surface area contributed by atoms with Crippen molar-refractivity contribution in [1.29, 1.82) is 0 Å². The Morgan fingerprint density at radius 3 is 1.91 bits per heavy atom. The Bertz CT molecular complexity index is 546. The number of hydrogen-bond donors (Lipinski definition) is 2. The van der Waals surface area contributed by atoms with Gasteiger partial charge in [-0.1, -0.05) is 79.9 Å². The molecule has 0 spiro atoms. The van der Waals surface area contributed by atoms with E-state index in [1.54, 1.807) is 0 Å². The van der Waals surface area contributed by atoms with Gasteiger partial charge in [-0.3, -0.25) is 0 Å². The maximum Gasteiger partial charge on any atom is 0.0518 e. The van der Waals surface area contributed by atoms with Crippen LogP contribution in [-0.2, 0) is 0 Å². The summed E-state index contributed by atoms with van der Waals surface area (Å²) in [7, 11) is 0. The summed E-state index contributed by atoms with van der Waals surface area (Å²) in [5.74, 6) is 0. The lowest BCUT2D eigenvalue weighted by atomic mass is 9.90. The van der Waals surface area contributed by atoms with Gasteiger partial charge in [-0.05, 0) is 24.0 Å². The van der Waals surface area contributed by atoms with Crippen LogP contribution in [0.2, 0.25) is 0 Å². The first-order chi connectivity index (χ1) is 10.8. The Morgan fingerprint density at radius 1 is 0.773 bits per heavy atom. The largest absolute Gasteiger partial charge is 0.322 e. The first-order valence-electron chi connectivity index (χ1n) is 8.46. The third-order valence-corrected chi connectivity index (χ3v) is 4.72. The van der Waals surface area contributed by atoms with Gasteiger partial charge in [0, 0.05) is 12.1 Å². The molecule has 0 aromatic heterocycles. The summed E-state index contributed by atoms with van der Waals surface area (Å²) in [6.07, 6.45) is 6.58. The molecule has 2 nitrogen and oxygen atoms in total. The highest BCUT2D eigenvalue weighted by Gasteiger charge is 2.25. The molecule has 1 fully saturated rings. The van der Waals surface area contributed by atoms with Crippen molar-refractivity contribution in [2.75, 3.05) is 0 Å². The summed E-state index contributed by atoms with van der Waals surface area (Å²) in [5, 5.41) is 3.85. The SMILES string of the molecule is N[C@@H](c1ccccc1)[C@@H](NC1CCCCC1)c1ccccc1. The van der Waals surface area contributed by atoms with Gasteiger partial charge in [-0.2, -0.15) is 0 Å². The van der Waals surface area contributed by atoms with Crippen molar-refractivity contribution >= 4 is 0 Å². The third kappa shape index (κ3) is 3.76. The molecule has 2 atom stereocenters. The number of hydrogen-bond acceptors (Lipinski definition) is 2. The maximum atomic E-state index is 6.63. The van der Waals surface area contributed by atoms with Gasteiger partial charge in [0.05, 0.1) is 6.04 Å². The molecule has 3 rings (SSSR count). The molecule has 116 valence electrons. The van der Waals surface area contributed by atoms with E-state index < -0.39 is 0 Å². The summed E-state index contributed by atoms with van der Waals surface area (Å²) in [6, 6.07) is 21.8. The van der Waals surface area contributed by atoms with Gasteiger partial charge in [0.2, 0.25) is 0 Å². The molecule has 1 aliphatic rings. The van der Waals surface area contributed by atoms with Crippen molar-refractivity contribution in [3.63, 3.8) is 0 Å². The highest BCUT2D eigenvalue weighted by Crippen LogP contribution is 2.29. The topological polar surface area (TPSA) is 38.0 Å². The first-order valence-corrected chi connectivity index (χ1v) is 8.46. The van der Waals surface area contributed by atoms with Crippen LogP contribution in [0.15, 0.2) is 60.7 Å². The fourth-order valence-electron chi connectivity index (χ4n) is 3.46. The molecule has 0 amide bonds. The van der Waals surface area contributed by atoms with Crippen molar-refractivity contribution in [2.24, 2.45) is 5.73 Å². The second-order valence-electron chi connectivity index (χ2n) is 6.33. The van der Waals surface area contributed by atoms with Crippen LogP contribution < -0.4 is 11.1 Å². The number of benzene rings is 2. The molecule has 0 unspecified atom stereocenters. The molecule has 0 saturated heterocycles. The molecular formula is C20H26N2.